The Morgan fingerprint density at radius 3 is 2.65 bits per heavy atom. The number of rotatable bonds is 6. The highest BCUT2D eigenvalue weighted by atomic mass is 16.5. The molecule has 5 heteroatoms. The Balaban J connectivity index is 2.11. The molecule has 118 valence electrons. The number of hydrogen-bond donors (Lipinski definition) is 2. The van der Waals surface area contributed by atoms with Crippen LogP contribution < -0.4 is 10.2 Å². The highest BCUT2D eigenvalue weighted by molar-refractivity contribution is 6.01. The van der Waals surface area contributed by atoms with Crippen LogP contribution in [0, 0.1) is 0 Å². The minimum absolute atomic E-state index is 0.180. The van der Waals surface area contributed by atoms with Gasteiger partial charge in [0, 0.05) is 0 Å². The standard InChI is InChI=1S/C18H18N2O3/c1-3-12-23-17-7-5-4-6-16(17)18(22)20-19-13(2)14-8-10-15(21)11-9-14/h3-11,21H,1,12H2,2H3,(H,20,22)/b19-13+. The van der Waals surface area contributed by atoms with Crippen LogP contribution in [0.2, 0.25) is 0 Å². The second kappa shape index (κ2) is 7.79. The van der Waals surface area contributed by atoms with E-state index in [1.165, 1.54) is 0 Å². The Morgan fingerprint density at radius 1 is 1.26 bits per heavy atom. The molecule has 0 aliphatic carbocycles. The molecular formula is C18H18N2O3. The van der Waals surface area contributed by atoms with Crippen LogP contribution >= 0.6 is 0 Å². The fourth-order valence-electron chi connectivity index (χ4n) is 1.89. The topological polar surface area (TPSA) is 70.9 Å². The molecule has 2 aromatic carbocycles. The van der Waals surface area contributed by atoms with E-state index in [1.807, 2.05) is 0 Å². The second-order valence-corrected chi connectivity index (χ2v) is 4.78. The van der Waals surface area contributed by atoms with Crippen molar-refractivity contribution < 1.29 is 14.6 Å². The van der Waals surface area contributed by atoms with Crippen LogP contribution in [-0.2, 0) is 0 Å². The molecule has 2 N–H and O–H groups in total. The van der Waals surface area contributed by atoms with Gasteiger partial charge in [0.2, 0.25) is 0 Å². The van der Waals surface area contributed by atoms with E-state index < -0.39 is 0 Å². The molecule has 1 amide bonds. The summed E-state index contributed by atoms with van der Waals surface area (Å²) in [6, 6.07) is 13.5. The number of phenols is 1. The number of para-hydroxylation sites is 1. The molecular weight excluding hydrogens is 292 g/mol. The van der Waals surface area contributed by atoms with Gasteiger partial charge < -0.3 is 9.84 Å². The quantitative estimate of drug-likeness (QED) is 0.489. The molecule has 0 saturated heterocycles. The number of nitrogens with zero attached hydrogens (tertiary/aromatic N) is 1. The first kappa shape index (κ1) is 16.3. The first-order chi connectivity index (χ1) is 11.1. The van der Waals surface area contributed by atoms with Gasteiger partial charge in [-0.3, -0.25) is 4.79 Å². The summed E-state index contributed by atoms with van der Waals surface area (Å²) in [5, 5.41) is 13.4. The van der Waals surface area contributed by atoms with E-state index in [0.717, 1.165) is 5.56 Å². The lowest BCUT2D eigenvalue weighted by atomic mass is 10.1. The maximum Gasteiger partial charge on any atom is 0.275 e. The predicted octanol–water partition coefficient (Wildman–Crippen LogP) is 3.11. The number of phenolic OH excluding ortho intramolecular Hbond substituents is 1. The molecule has 0 atom stereocenters. The van der Waals surface area contributed by atoms with E-state index in [2.05, 4.69) is 17.1 Å². The van der Waals surface area contributed by atoms with Crippen molar-refractivity contribution in [3.8, 4) is 11.5 Å². The van der Waals surface area contributed by atoms with Crippen molar-refractivity contribution in [1.82, 2.24) is 5.43 Å². The third kappa shape index (κ3) is 4.44. The smallest absolute Gasteiger partial charge is 0.275 e. The summed E-state index contributed by atoms with van der Waals surface area (Å²) in [7, 11) is 0. The fraction of sp³-hybridized carbons (Fsp3) is 0.111. The lowest BCUT2D eigenvalue weighted by Crippen LogP contribution is -2.20. The summed E-state index contributed by atoms with van der Waals surface area (Å²) in [5.74, 6) is 0.295. The van der Waals surface area contributed by atoms with Crippen molar-refractivity contribution in [1.29, 1.82) is 0 Å². The van der Waals surface area contributed by atoms with Crippen molar-refractivity contribution in [3.63, 3.8) is 0 Å². The number of amides is 1. The van der Waals surface area contributed by atoms with Gasteiger partial charge in [0.15, 0.2) is 0 Å². The van der Waals surface area contributed by atoms with Crippen molar-refractivity contribution >= 4 is 11.6 Å². The average molecular weight is 310 g/mol. The molecule has 0 radical (unpaired) electrons. The Kier molecular flexibility index (Phi) is 5.52. The van der Waals surface area contributed by atoms with Gasteiger partial charge in [-0.05, 0) is 48.9 Å². The van der Waals surface area contributed by atoms with Gasteiger partial charge >= 0.3 is 0 Å². The highest BCUT2D eigenvalue weighted by Crippen LogP contribution is 2.18. The van der Waals surface area contributed by atoms with E-state index in [9.17, 15) is 9.90 Å². The fourth-order valence-corrected chi connectivity index (χ4v) is 1.89. The van der Waals surface area contributed by atoms with Crippen LogP contribution in [0.3, 0.4) is 0 Å². The minimum Gasteiger partial charge on any atom is -0.508 e. The monoisotopic (exact) mass is 310 g/mol. The Labute approximate surface area is 134 Å². The predicted molar refractivity (Wildman–Crippen MR) is 89.9 cm³/mol. The molecule has 0 aliphatic rings. The van der Waals surface area contributed by atoms with Crippen LogP contribution in [0.15, 0.2) is 66.3 Å². The molecule has 2 rings (SSSR count). The van der Waals surface area contributed by atoms with Crippen molar-refractivity contribution in [3.05, 3.63) is 72.3 Å². The lowest BCUT2D eigenvalue weighted by molar-refractivity contribution is 0.0951. The Hall–Kier alpha value is -3.08. The summed E-state index contributed by atoms with van der Waals surface area (Å²) in [6.45, 7) is 5.67. The van der Waals surface area contributed by atoms with E-state index in [0.29, 0.717) is 23.6 Å². The molecule has 0 aliphatic heterocycles. The molecule has 0 unspecified atom stereocenters. The summed E-state index contributed by atoms with van der Waals surface area (Å²) >= 11 is 0. The summed E-state index contributed by atoms with van der Waals surface area (Å²) in [5.41, 5.74) is 4.34. The molecule has 0 aromatic heterocycles. The van der Waals surface area contributed by atoms with Gasteiger partial charge in [0.05, 0.1) is 11.3 Å². The van der Waals surface area contributed by atoms with Crippen LogP contribution in [0.5, 0.6) is 11.5 Å². The number of carbonyl (C=O) groups is 1. The third-order valence-corrected chi connectivity index (χ3v) is 3.10. The van der Waals surface area contributed by atoms with E-state index in [-0.39, 0.29) is 11.7 Å². The zero-order valence-corrected chi connectivity index (χ0v) is 12.8. The molecule has 0 saturated carbocycles. The largest absolute Gasteiger partial charge is 0.508 e. The minimum atomic E-state index is -0.359. The SMILES string of the molecule is C=CCOc1ccccc1C(=O)N/N=C(\C)c1ccc(O)cc1. The number of hydrogen-bond acceptors (Lipinski definition) is 4. The molecule has 0 heterocycles. The number of hydrazone groups is 1. The summed E-state index contributed by atoms with van der Waals surface area (Å²) in [4.78, 5) is 12.3. The maximum absolute atomic E-state index is 12.3. The van der Waals surface area contributed by atoms with Gasteiger partial charge in [-0.15, -0.1) is 0 Å². The second-order valence-electron chi connectivity index (χ2n) is 4.78. The van der Waals surface area contributed by atoms with Crippen LogP contribution in [-0.4, -0.2) is 23.3 Å². The van der Waals surface area contributed by atoms with E-state index in [1.54, 1.807) is 61.5 Å². The number of ether oxygens (including phenoxy) is 1. The van der Waals surface area contributed by atoms with Gasteiger partial charge in [0.25, 0.3) is 5.91 Å². The van der Waals surface area contributed by atoms with Gasteiger partial charge in [0.1, 0.15) is 18.1 Å². The normalized spacial score (nSPS) is 10.9. The first-order valence-corrected chi connectivity index (χ1v) is 7.08. The molecule has 0 fully saturated rings. The first-order valence-electron chi connectivity index (χ1n) is 7.08. The van der Waals surface area contributed by atoms with Crippen molar-refractivity contribution in [2.24, 2.45) is 5.10 Å². The number of aromatic hydroxyl groups is 1. The van der Waals surface area contributed by atoms with E-state index in [4.69, 9.17) is 4.74 Å². The average Bonchev–Trinajstić information content (AvgIpc) is 2.58. The molecule has 0 bridgehead atoms. The number of benzene rings is 2. The third-order valence-electron chi connectivity index (χ3n) is 3.10. The Bertz CT molecular complexity index is 721. The maximum atomic E-state index is 12.3. The number of carbonyl (C=O) groups excluding carboxylic acids is 1. The summed E-state index contributed by atoms with van der Waals surface area (Å²) in [6.07, 6.45) is 1.61. The van der Waals surface area contributed by atoms with Gasteiger partial charge in [-0.1, -0.05) is 24.8 Å². The van der Waals surface area contributed by atoms with E-state index >= 15 is 0 Å². The molecule has 2 aromatic rings. The zero-order valence-electron chi connectivity index (χ0n) is 12.8. The molecule has 0 spiro atoms. The number of nitrogens with one attached hydrogen (secondary N) is 1. The van der Waals surface area contributed by atoms with Crippen LogP contribution in [0.25, 0.3) is 0 Å². The van der Waals surface area contributed by atoms with Crippen molar-refractivity contribution in [2.45, 2.75) is 6.92 Å². The van der Waals surface area contributed by atoms with Crippen LogP contribution in [0.1, 0.15) is 22.8 Å². The molecule has 5 nitrogen and oxygen atoms in total. The Morgan fingerprint density at radius 2 is 1.96 bits per heavy atom. The van der Waals surface area contributed by atoms with Crippen molar-refractivity contribution in [2.75, 3.05) is 6.61 Å². The molecule has 23 heavy (non-hydrogen) atoms. The van der Waals surface area contributed by atoms with Crippen LogP contribution in [0.4, 0.5) is 0 Å². The zero-order chi connectivity index (χ0) is 16.7. The highest BCUT2D eigenvalue weighted by Gasteiger charge is 2.11. The lowest BCUT2D eigenvalue weighted by Gasteiger charge is -2.09. The summed E-state index contributed by atoms with van der Waals surface area (Å²) < 4.78 is 5.46. The van der Waals surface area contributed by atoms with Gasteiger partial charge in [-0.2, -0.15) is 5.10 Å². The van der Waals surface area contributed by atoms with Gasteiger partial charge in [-0.25, -0.2) is 5.43 Å².